The Bertz CT molecular complexity index is 634. The average Bonchev–Trinajstić information content (AvgIpc) is 3.10. The molecule has 6 heteroatoms. The zero-order valence-corrected chi connectivity index (χ0v) is 12.8. The van der Waals surface area contributed by atoms with E-state index in [1.165, 1.54) is 11.3 Å². The highest BCUT2D eigenvalue weighted by atomic mass is 32.1. The van der Waals surface area contributed by atoms with Gasteiger partial charge in [0.1, 0.15) is 5.82 Å². The molecule has 0 atom stereocenters. The third kappa shape index (κ3) is 3.58. The molecule has 2 aromatic rings. The molecule has 21 heavy (non-hydrogen) atoms. The van der Waals surface area contributed by atoms with Crippen LogP contribution < -0.4 is 5.32 Å². The Kier molecular flexibility index (Phi) is 4.15. The summed E-state index contributed by atoms with van der Waals surface area (Å²) in [5.74, 6) is 0.958. The standard InChI is InChI=1S/C15H18N4OS/c1-11-4-5-16-13(8-11)18-15-17-12(10-21-15)9-14(20)19-6-2-3-7-19/h4-5,8,10H,2-3,6-7,9H2,1H3,(H,16,17,18). The van der Waals surface area contributed by atoms with Crippen LogP contribution in [0.1, 0.15) is 24.1 Å². The van der Waals surface area contributed by atoms with Crippen molar-refractivity contribution >= 4 is 28.2 Å². The smallest absolute Gasteiger partial charge is 0.228 e. The molecule has 0 radical (unpaired) electrons. The van der Waals surface area contributed by atoms with Crippen molar-refractivity contribution in [3.63, 3.8) is 0 Å². The normalized spacial score (nSPS) is 14.4. The lowest BCUT2D eigenvalue weighted by atomic mass is 10.3. The lowest BCUT2D eigenvalue weighted by Crippen LogP contribution is -2.29. The van der Waals surface area contributed by atoms with Gasteiger partial charge in [0.15, 0.2) is 5.13 Å². The van der Waals surface area contributed by atoms with Gasteiger partial charge in [0.2, 0.25) is 5.91 Å². The largest absolute Gasteiger partial charge is 0.342 e. The van der Waals surface area contributed by atoms with Crippen LogP contribution in [0.25, 0.3) is 0 Å². The molecular formula is C15H18N4OS. The van der Waals surface area contributed by atoms with E-state index in [0.29, 0.717) is 6.42 Å². The second-order valence-corrected chi connectivity index (χ2v) is 6.11. The molecule has 0 saturated carbocycles. The monoisotopic (exact) mass is 302 g/mol. The summed E-state index contributed by atoms with van der Waals surface area (Å²) in [5, 5.41) is 5.89. The van der Waals surface area contributed by atoms with Crippen LogP contribution in [-0.4, -0.2) is 33.9 Å². The fourth-order valence-corrected chi connectivity index (χ4v) is 3.11. The van der Waals surface area contributed by atoms with Gasteiger partial charge < -0.3 is 10.2 Å². The average molecular weight is 302 g/mol. The number of hydrogen-bond acceptors (Lipinski definition) is 5. The van der Waals surface area contributed by atoms with Crippen LogP contribution in [0.3, 0.4) is 0 Å². The van der Waals surface area contributed by atoms with Gasteiger partial charge in [-0.2, -0.15) is 0 Å². The SMILES string of the molecule is Cc1ccnc(Nc2nc(CC(=O)N3CCCC3)cs2)c1. The molecule has 0 bridgehead atoms. The molecule has 1 fully saturated rings. The van der Waals surface area contributed by atoms with Gasteiger partial charge in [0, 0.05) is 24.7 Å². The number of rotatable bonds is 4. The van der Waals surface area contributed by atoms with E-state index in [1.54, 1.807) is 6.20 Å². The molecule has 1 amide bonds. The molecular weight excluding hydrogens is 284 g/mol. The Balaban J connectivity index is 1.62. The maximum absolute atomic E-state index is 12.1. The quantitative estimate of drug-likeness (QED) is 0.943. The number of carbonyl (C=O) groups is 1. The molecule has 1 aliphatic heterocycles. The first-order valence-electron chi connectivity index (χ1n) is 7.12. The Labute approximate surface area is 128 Å². The molecule has 0 spiro atoms. The predicted molar refractivity (Wildman–Crippen MR) is 83.9 cm³/mol. The number of amides is 1. The Morgan fingerprint density at radius 2 is 2.24 bits per heavy atom. The zero-order chi connectivity index (χ0) is 14.7. The van der Waals surface area contributed by atoms with Crippen molar-refractivity contribution in [2.45, 2.75) is 26.2 Å². The molecule has 110 valence electrons. The molecule has 1 saturated heterocycles. The number of pyridine rings is 1. The van der Waals surface area contributed by atoms with Gasteiger partial charge in [-0.05, 0) is 37.5 Å². The van der Waals surface area contributed by atoms with Crippen LogP contribution in [0, 0.1) is 6.92 Å². The number of carbonyl (C=O) groups excluding carboxylic acids is 1. The maximum atomic E-state index is 12.1. The van der Waals surface area contributed by atoms with Gasteiger partial charge in [-0.3, -0.25) is 4.79 Å². The van der Waals surface area contributed by atoms with Crippen LogP contribution in [-0.2, 0) is 11.2 Å². The molecule has 5 nitrogen and oxygen atoms in total. The highest BCUT2D eigenvalue weighted by Gasteiger charge is 2.19. The summed E-state index contributed by atoms with van der Waals surface area (Å²) in [7, 11) is 0. The van der Waals surface area contributed by atoms with E-state index in [9.17, 15) is 4.79 Å². The number of anilines is 2. The van der Waals surface area contributed by atoms with Crippen molar-refractivity contribution in [3.8, 4) is 0 Å². The summed E-state index contributed by atoms with van der Waals surface area (Å²) in [4.78, 5) is 22.7. The van der Waals surface area contributed by atoms with Crippen LogP contribution in [0.15, 0.2) is 23.7 Å². The summed E-state index contributed by atoms with van der Waals surface area (Å²) < 4.78 is 0. The van der Waals surface area contributed by atoms with Gasteiger partial charge in [0.25, 0.3) is 0 Å². The molecule has 0 aromatic carbocycles. The van der Waals surface area contributed by atoms with E-state index in [4.69, 9.17) is 0 Å². The Morgan fingerprint density at radius 3 is 3.00 bits per heavy atom. The van der Waals surface area contributed by atoms with Crippen molar-refractivity contribution in [1.82, 2.24) is 14.9 Å². The lowest BCUT2D eigenvalue weighted by molar-refractivity contribution is -0.129. The first-order valence-corrected chi connectivity index (χ1v) is 8.00. The van der Waals surface area contributed by atoms with E-state index in [-0.39, 0.29) is 5.91 Å². The van der Waals surface area contributed by atoms with Crippen LogP contribution in [0.5, 0.6) is 0 Å². The van der Waals surface area contributed by atoms with E-state index in [0.717, 1.165) is 48.1 Å². The second-order valence-electron chi connectivity index (χ2n) is 5.25. The third-order valence-electron chi connectivity index (χ3n) is 3.49. The van der Waals surface area contributed by atoms with Crippen molar-refractivity contribution in [3.05, 3.63) is 35.0 Å². The minimum Gasteiger partial charge on any atom is -0.342 e. The minimum atomic E-state index is 0.179. The number of nitrogens with one attached hydrogen (secondary N) is 1. The highest BCUT2D eigenvalue weighted by Crippen LogP contribution is 2.21. The summed E-state index contributed by atoms with van der Waals surface area (Å²) in [6.07, 6.45) is 4.39. The number of thiazole rings is 1. The fourth-order valence-electron chi connectivity index (χ4n) is 2.39. The molecule has 1 N–H and O–H groups in total. The van der Waals surface area contributed by atoms with Gasteiger partial charge in [-0.1, -0.05) is 0 Å². The van der Waals surface area contributed by atoms with E-state index in [2.05, 4.69) is 15.3 Å². The molecule has 0 aliphatic carbocycles. The number of aryl methyl sites for hydroxylation is 1. The predicted octanol–water partition coefficient (Wildman–Crippen LogP) is 2.76. The first kappa shape index (κ1) is 14.0. The van der Waals surface area contributed by atoms with Crippen molar-refractivity contribution in [2.24, 2.45) is 0 Å². The van der Waals surface area contributed by atoms with E-state index < -0.39 is 0 Å². The number of aromatic nitrogens is 2. The van der Waals surface area contributed by atoms with E-state index in [1.807, 2.05) is 29.3 Å². The lowest BCUT2D eigenvalue weighted by Gasteiger charge is -2.13. The minimum absolute atomic E-state index is 0.179. The first-order chi connectivity index (χ1) is 10.2. The van der Waals surface area contributed by atoms with Gasteiger partial charge >= 0.3 is 0 Å². The van der Waals surface area contributed by atoms with Crippen LogP contribution in [0.2, 0.25) is 0 Å². The van der Waals surface area contributed by atoms with Crippen molar-refractivity contribution in [2.75, 3.05) is 18.4 Å². The second kappa shape index (κ2) is 6.22. The van der Waals surface area contributed by atoms with Gasteiger partial charge in [-0.25, -0.2) is 9.97 Å². The van der Waals surface area contributed by atoms with E-state index >= 15 is 0 Å². The third-order valence-corrected chi connectivity index (χ3v) is 4.30. The van der Waals surface area contributed by atoms with Crippen molar-refractivity contribution < 1.29 is 4.79 Å². The van der Waals surface area contributed by atoms with Gasteiger partial charge in [0.05, 0.1) is 12.1 Å². The molecule has 1 aliphatic rings. The van der Waals surface area contributed by atoms with Crippen LogP contribution >= 0.6 is 11.3 Å². The molecule has 2 aromatic heterocycles. The summed E-state index contributed by atoms with van der Waals surface area (Å²) in [5.41, 5.74) is 1.97. The molecule has 0 unspecified atom stereocenters. The summed E-state index contributed by atoms with van der Waals surface area (Å²) >= 11 is 1.50. The molecule has 3 rings (SSSR count). The van der Waals surface area contributed by atoms with Crippen molar-refractivity contribution in [1.29, 1.82) is 0 Å². The topological polar surface area (TPSA) is 58.1 Å². The summed E-state index contributed by atoms with van der Waals surface area (Å²) in [6.45, 7) is 3.80. The highest BCUT2D eigenvalue weighted by molar-refractivity contribution is 7.13. The Morgan fingerprint density at radius 1 is 1.43 bits per heavy atom. The fraction of sp³-hybridized carbons (Fsp3) is 0.400. The molecule has 3 heterocycles. The number of nitrogens with zero attached hydrogens (tertiary/aromatic N) is 3. The number of hydrogen-bond donors (Lipinski definition) is 1. The van der Waals surface area contributed by atoms with Crippen LogP contribution in [0.4, 0.5) is 10.9 Å². The zero-order valence-electron chi connectivity index (χ0n) is 12.0. The van der Waals surface area contributed by atoms with Gasteiger partial charge in [-0.15, -0.1) is 11.3 Å². The maximum Gasteiger partial charge on any atom is 0.228 e. The Hall–Kier alpha value is -1.95. The number of likely N-dealkylation sites (tertiary alicyclic amines) is 1. The summed E-state index contributed by atoms with van der Waals surface area (Å²) in [6, 6.07) is 3.92.